The monoisotopic (exact) mass is 354 g/mol. The molecule has 0 amide bonds. The fourth-order valence-corrected chi connectivity index (χ4v) is 2.56. The third kappa shape index (κ3) is 3.85. The quantitative estimate of drug-likeness (QED) is 0.672. The van der Waals surface area contributed by atoms with Crippen molar-refractivity contribution in [2.24, 2.45) is 0 Å². The predicted octanol–water partition coefficient (Wildman–Crippen LogP) is 2.57. The maximum absolute atomic E-state index is 5.86. The van der Waals surface area contributed by atoms with Gasteiger partial charge in [-0.2, -0.15) is 10.1 Å². The number of hydrogen-bond donors (Lipinski definition) is 2. The van der Waals surface area contributed by atoms with Gasteiger partial charge in [-0.25, -0.2) is 4.98 Å². The molecule has 2 aromatic heterocycles. The Kier molecular flexibility index (Phi) is 5.21. The van der Waals surface area contributed by atoms with Crippen LogP contribution in [0.25, 0.3) is 11.3 Å². The molecule has 8 nitrogen and oxygen atoms in total. The first-order chi connectivity index (χ1) is 12.6. The highest BCUT2D eigenvalue weighted by Gasteiger charge is 2.08. The number of nitrogens with one attached hydrogen (secondary N) is 1. The van der Waals surface area contributed by atoms with Gasteiger partial charge in [-0.3, -0.25) is 4.68 Å². The van der Waals surface area contributed by atoms with Crippen LogP contribution in [-0.4, -0.2) is 34.0 Å². The van der Waals surface area contributed by atoms with E-state index in [0.29, 0.717) is 23.9 Å². The Labute approximate surface area is 152 Å². The van der Waals surface area contributed by atoms with Crippen molar-refractivity contribution < 1.29 is 9.47 Å². The number of nitrogens with two attached hydrogens (primary N) is 1. The number of nitrogens with zero attached hydrogens (tertiary/aromatic N) is 4. The van der Waals surface area contributed by atoms with E-state index in [1.807, 2.05) is 42.1 Å². The van der Waals surface area contributed by atoms with Crippen molar-refractivity contribution in [2.75, 3.05) is 25.3 Å². The van der Waals surface area contributed by atoms with E-state index in [1.165, 1.54) is 0 Å². The van der Waals surface area contributed by atoms with Gasteiger partial charge in [0.25, 0.3) is 0 Å². The smallest absolute Gasteiger partial charge is 0.222 e. The Bertz CT molecular complexity index is 893. The molecule has 0 saturated carbocycles. The first-order valence-electron chi connectivity index (χ1n) is 8.25. The van der Waals surface area contributed by atoms with Crippen molar-refractivity contribution in [3.8, 4) is 22.8 Å². The van der Waals surface area contributed by atoms with Crippen LogP contribution in [0.2, 0.25) is 0 Å². The van der Waals surface area contributed by atoms with Gasteiger partial charge in [0, 0.05) is 30.9 Å². The maximum atomic E-state index is 5.86. The number of ether oxygens (including phenoxy) is 2. The molecule has 0 unspecified atom stereocenters. The Morgan fingerprint density at radius 3 is 2.62 bits per heavy atom. The van der Waals surface area contributed by atoms with Crippen molar-refractivity contribution in [3.05, 3.63) is 42.2 Å². The average molecular weight is 354 g/mol. The summed E-state index contributed by atoms with van der Waals surface area (Å²) in [6, 6.07) is 7.61. The van der Waals surface area contributed by atoms with Crippen LogP contribution in [0.15, 0.2) is 36.7 Å². The summed E-state index contributed by atoms with van der Waals surface area (Å²) in [7, 11) is 3.23. The fraction of sp³-hybridized carbons (Fsp3) is 0.278. The van der Waals surface area contributed by atoms with Gasteiger partial charge in [0.05, 0.1) is 26.1 Å². The zero-order chi connectivity index (χ0) is 18.5. The van der Waals surface area contributed by atoms with Crippen LogP contribution < -0.4 is 20.5 Å². The van der Waals surface area contributed by atoms with Crippen LogP contribution in [0, 0.1) is 0 Å². The number of aromatic nitrogens is 4. The van der Waals surface area contributed by atoms with E-state index in [4.69, 9.17) is 15.2 Å². The van der Waals surface area contributed by atoms with E-state index in [2.05, 4.69) is 20.4 Å². The van der Waals surface area contributed by atoms with Gasteiger partial charge in [-0.05, 0) is 24.6 Å². The van der Waals surface area contributed by atoms with Crippen LogP contribution >= 0.6 is 0 Å². The number of methoxy groups -OCH3 is 2. The van der Waals surface area contributed by atoms with E-state index < -0.39 is 0 Å². The van der Waals surface area contributed by atoms with Crippen molar-refractivity contribution in [1.29, 1.82) is 0 Å². The molecule has 3 rings (SSSR count). The maximum Gasteiger partial charge on any atom is 0.222 e. The molecule has 0 bridgehead atoms. The van der Waals surface area contributed by atoms with E-state index in [0.717, 1.165) is 23.4 Å². The summed E-state index contributed by atoms with van der Waals surface area (Å²) in [5, 5.41) is 7.54. The van der Waals surface area contributed by atoms with Crippen LogP contribution in [0.1, 0.15) is 12.5 Å². The second-order valence-corrected chi connectivity index (χ2v) is 5.62. The van der Waals surface area contributed by atoms with E-state index >= 15 is 0 Å². The Balaban J connectivity index is 1.78. The number of hydrogen-bond acceptors (Lipinski definition) is 7. The SMILES string of the molecule is CCn1cc(-c2cc(NCc3ccc(OC)c(OC)c3)nc(N)n2)cn1. The molecule has 8 heteroatoms. The molecule has 0 radical (unpaired) electrons. The van der Waals surface area contributed by atoms with E-state index in [1.54, 1.807) is 20.4 Å². The predicted molar refractivity (Wildman–Crippen MR) is 100 cm³/mol. The van der Waals surface area contributed by atoms with Crippen molar-refractivity contribution in [2.45, 2.75) is 20.0 Å². The summed E-state index contributed by atoms with van der Waals surface area (Å²) in [5.74, 6) is 2.23. The molecular weight excluding hydrogens is 332 g/mol. The summed E-state index contributed by atoms with van der Waals surface area (Å²) in [6.45, 7) is 3.39. The normalized spacial score (nSPS) is 10.6. The zero-order valence-electron chi connectivity index (χ0n) is 15.1. The third-order valence-electron chi connectivity index (χ3n) is 3.92. The van der Waals surface area contributed by atoms with Gasteiger partial charge in [0.15, 0.2) is 11.5 Å². The summed E-state index contributed by atoms with van der Waals surface area (Å²) >= 11 is 0. The van der Waals surface area contributed by atoms with Gasteiger partial charge in [0.2, 0.25) is 5.95 Å². The Morgan fingerprint density at radius 2 is 1.92 bits per heavy atom. The van der Waals surface area contributed by atoms with Crippen LogP contribution in [0.3, 0.4) is 0 Å². The standard InChI is InChI=1S/C18H22N6O2/c1-4-24-11-13(10-21-24)14-8-17(23-18(19)22-14)20-9-12-5-6-15(25-2)16(7-12)26-3/h5-8,10-11H,4,9H2,1-3H3,(H3,19,20,22,23). The number of rotatable bonds is 7. The summed E-state index contributed by atoms with van der Waals surface area (Å²) in [6.07, 6.45) is 3.70. The highest BCUT2D eigenvalue weighted by atomic mass is 16.5. The number of aryl methyl sites for hydroxylation is 1. The molecule has 3 N–H and O–H groups in total. The molecular formula is C18H22N6O2. The summed E-state index contributed by atoms with van der Waals surface area (Å²) < 4.78 is 12.4. The lowest BCUT2D eigenvalue weighted by atomic mass is 10.2. The fourth-order valence-electron chi connectivity index (χ4n) is 2.56. The number of benzene rings is 1. The van der Waals surface area contributed by atoms with Gasteiger partial charge in [-0.1, -0.05) is 6.07 Å². The molecule has 0 aliphatic heterocycles. The molecule has 2 heterocycles. The van der Waals surface area contributed by atoms with E-state index in [9.17, 15) is 0 Å². The lowest BCUT2D eigenvalue weighted by molar-refractivity contribution is 0.354. The Morgan fingerprint density at radius 1 is 1.12 bits per heavy atom. The highest BCUT2D eigenvalue weighted by molar-refractivity contribution is 5.62. The second-order valence-electron chi connectivity index (χ2n) is 5.62. The molecule has 0 aliphatic rings. The summed E-state index contributed by atoms with van der Waals surface area (Å²) in [4.78, 5) is 8.54. The van der Waals surface area contributed by atoms with Crippen molar-refractivity contribution in [3.63, 3.8) is 0 Å². The average Bonchev–Trinajstić information content (AvgIpc) is 3.15. The minimum absolute atomic E-state index is 0.210. The molecule has 0 saturated heterocycles. The minimum Gasteiger partial charge on any atom is -0.493 e. The molecule has 0 fully saturated rings. The van der Waals surface area contributed by atoms with Crippen molar-refractivity contribution in [1.82, 2.24) is 19.7 Å². The topological polar surface area (TPSA) is 100 Å². The molecule has 3 aromatic rings. The van der Waals surface area contributed by atoms with Crippen molar-refractivity contribution >= 4 is 11.8 Å². The van der Waals surface area contributed by atoms with Crippen LogP contribution in [-0.2, 0) is 13.1 Å². The molecule has 0 spiro atoms. The van der Waals surface area contributed by atoms with Gasteiger partial charge in [0.1, 0.15) is 5.82 Å². The van der Waals surface area contributed by atoms with Gasteiger partial charge >= 0.3 is 0 Å². The van der Waals surface area contributed by atoms with Crippen LogP contribution in [0.5, 0.6) is 11.5 Å². The molecule has 26 heavy (non-hydrogen) atoms. The highest BCUT2D eigenvalue weighted by Crippen LogP contribution is 2.28. The first kappa shape index (κ1) is 17.5. The lowest BCUT2D eigenvalue weighted by Crippen LogP contribution is -2.05. The first-order valence-corrected chi connectivity index (χ1v) is 8.25. The molecule has 0 aliphatic carbocycles. The molecule has 1 aromatic carbocycles. The zero-order valence-corrected chi connectivity index (χ0v) is 15.1. The largest absolute Gasteiger partial charge is 0.493 e. The van der Waals surface area contributed by atoms with Gasteiger partial charge in [-0.15, -0.1) is 0 Å². The lowest BCUT2D eigenvalue weighted by Gasteiger charge is -2.11. The Hall–Kier alpha value is -3.29. The molecule has 0 atom stereocenters. The number of nitrogen functional groups attached to an aromatic ring is 1. The number of anilines is 2. The van der Waals surface area contributed by atoms with Gasteiger partial charge < -0.3 is 20.5 Å². The van der Waals surface area contributed by atoms with Crippen LogP contribution in [0.4, 0.5) is 11.8 Å². The van der Waals surface area contributed by atoms with E-state index in [-0.39, 0.29) is 5.95 Å². The minimum atomic E-state index is 0.210. The third-order valence-corrected chi connectivity index (χ3v) is 3.92. The summed E-state index contributed by atoms with van der Waals surface area (Å²) in [5.41, 5.74) is 8.52. The molecule has 136 valence electrons. The second kappa shape index (κ2) is 7.73.